The van der Waals surface area contributed by atoms with Crippen LogP contribution < -0.4 is 4.90 Å². The Hall–Kier alpha value is -1.20. The second kappa shape index (κ2) is 5.65. The summed E-state index contributed by atoms with van der Waals surface area (Å²) in [6.45, 7) is 7.93. The Kier molecular flexibility index (Phi) is 3.89. The average molecular weight is 405 g/mol. The molecule has 2 saturated heterocycles. The zero-order valence-electron chi connectivity index (χ0n) is 15.1. The topological polar surface area (TPSA) is 40.6 Å². The van der Waals surface area contributed by atoms with Crippen molar-refractivity contribution in [1.29, 1.82) is 0 Å². The molecule has 134 valence electrons. The van der Waals surface area contributed by atoms with Gasteiger partial charge < -0.3 is 0 Å². The predicted octanol–water partition coefficient (Wildman–Crippen LogP) is 3.98. The van der Waals surface area contributed by atoms with Gasteiger partial charge in [-0.1, -0.05) is 36.7 Å². The number of hydrogen-bond acceptors (Lipinski definition) is 3. The zero-order chi connectivity index (χ0) is 18.0. The molecule has 3 fully saturated rings. The first-order valence-corrected chi connectivity index (χ1v) is 9.85. The predicted molar refractivity (Wildman–Crippen MR) is 101 cm³/mol. The van der Waals surface area contributed by atoms with Crippen molar-refractivity contribution in [1.82, 2.24) is 4.90 Å². The van der Waals surface area contributed by atoms with Crippen molar-refractivity contribution >= 4 is 33.4 Å². The smallest absolute Gasteiger partial charge is 0.251 e. The minimum Gasteiger partial charge on any atom is -0.288 e. The first-order valence-electron chi connectivity index (χ1n) is 9.06. The highest BCUT2D eigenvalue weighted by Crippen LogP contribution is 2.53. The van der Waals surface area contributed by atoms with E-state index in [9.17, 15) is 9.59 Å². The van der Waals surface area contributed by atoms with Crippen LogP contribution in [0.1, 0.15) is 46.5 Å². The molecule has 0 radical (unpaired) electrons. The van der Waals surface area contributed by atoms with E-state index in [1.807, 2.05) is 24.3 Å². The molecule has 0 aromatic heterocycles. The van der Waals surface area contributed by atoms with E-state index in [1.165, 1.54) is 11.3 Å². The molecule has 0 spiro atoms. The summed E-state index contributed by atoms with van der Waals surface area (Å²) in [7, 11) is 0. The third kappa shape index (κ3) is 2.95. The van der Waals surface area contributed by atoms with Gasteiger partial charge in [-0.15, -0.1) is 0 Å². The van der Waals surface area contributed by atoms with Gasteiger partial charge in [0.15, 0.2) is 0 Å². The number of hydrogen-bond donors (Lipinski definition) is 0. The van der Waals surface area contributed by atoms with Crippen LogP contribution in [0.5, 0.6) is 0 Å². The van der Waals surface area contributed by atoms with Crippen LogP contribution in [-0.2, 0) is 9.59 Å². The van der Waals surface area contributed by atoms with Gasteiger partial charge >= 0.3 is 0 Å². The fourth-order valence-corrected chi connectivity index (χ4v) is 5.87. The summed E-state index contributed by atoms with van der Waals surface area (Å²) in [5.74, 6) is -0.135. The molecule has 1 aromatic carbocycles. The Morgan fingerprint density at radius 1 is 1.08 bits per heavy atom. The summed E-state index contributed by atoms with van der Waals surface area (Å²) in [6, 6.07) is 7.52. The summed E-state index contributed by atoms with van der Waals surface area (Å²) in [4.78, 5) is 29.4. The highest BCUT2D eigenvalue weighted by molar-refractivity contribution is 9.10. The molecule has 3 atom stereocenters. The minimum absolute atomic E-state index is 0.0544. The molecule has 4 rings (SSSR count). The van der Waals surface area contributed by atoms with Gasteiger partial charge in [-0.2, -0.15) is 0 Å². The van der Waals surface area contributed by atoms with E-state index >= 15 is 0 Å². The van der Waals surface area contributed by atoms with Crippen LogP contribution in [0, 0.1) is 10.8 Å². The van der Waals surface area contributed by atoms with Crippen molar-refractivity contribution in [3.8, 4) is 0 Å². The molecule has 2 amide bonds. The van der Waals surface area contributed by atoms with Crippen molar-refractivity contribution in [3.63, 3.8) is 0 Å². The van der Waals surface area contributed by atoms with Crippen molar-refractivity contribution < 1.29 is 9.59 Å². The maximum atomic E-state index is 13.1. The number of carbonyl (C=O) groups excluding carboxylic acids is 2. The van der Waals surface area contributed by atoms with E-state index in [2.05, 4.69) is 41.6 Å². The molecule has 1 aromatic rings. The molecule has 5 heteroatoms. The van der Waals surface area contributed by atoms with E-state index < -0.39 is 0 Å². The molecule has 1 saturated carbocycles. The molecule has 4 nitrogen and oxygen atoms in total. The van der Waals surface area contributed by atoms with Gasteiger partial charge in [0.2, 0.25) is 5.91 Å². The Balaban J connectivity index is 1.59. The zero-order valence-corrected chi connectivity index (χ0v) is 16.7. The van der Waals surface area contributed by atoms with Crippen LogP contribution >= 0.6 is 15.9 Å². The van der Waals surface area contributed by atoms with Gasteiger partial charge in [-0.05, 0) is 54.4 Å². The van der Waals surface area contributed by atoms with Crippen LogP contribution in [0.15, 0.2) is 28.7 Å². The molecular formula is C20H25BrN2O2. The van der Waals surface area contributed by atoms with Gasteiger partial charge in [-0.3, -0.25) is 14.5 Å². The lowest BCUT2D eigenvalue weighted by atomic mass is 9.65. The van der Waals surface area contributed by atoms with Crippen LogP contribution in [0.4, 0.5) is 5.69 Å². The molecule has 0 N–H and O–H groups in total. The molecule has 2 heterocycles. The fraction of sp³-hybridized carbons (Fsp3) is 0.600. The molecule has 3 aliphatic rings. The first-order chi connectivity index (χ1) is 11.7. The molecule has 0 unspecified atom stereocenters. The number of fused-ring (bicyclic) bond motifs is 2. The summed E-state index contributed by atoms with van der Waals surface area (Å²) in [5.41, 5.74) is 1.25. The summed E-state index contributed by atoms with van der Waals surface area (Å²) >= 11 is 3.40. The van der Waals surface area contributed by atoms with E-state index in [4.69, 9.17) is 0 Å². The van der Waals surface area contributed by atoms with Gasteiger partial charge in [0, 0.05) is 17.1 Å². The molecule has 1 aliphatic carbocycles. The van der Waals surface area contributed by atoms with Crippen LogP contribution in [0.25, 0.3) is 0 Å². The number of amides is 2. The van der Waals surface area contributed by atoms with Gasteiger partial charge in [-0.25, -0.2) is 4.90 Å². The molecular weight excluding hydrogens is 380 g/mol. The van der Waals surface area contributed by atoms with Gasteiger partial charge in [0.25, 0.3) is 5.91 Å². The van der Waals surface area contributed by atoms with Crippen molar-refractivity contribution in [3.05, 3.63) is 28.7 Å². The third-order valence-electron chi connectivity index (χ3n) is 6.06. The Morgan fingerprint density at radius 2 is 1.76 bits per heavy atom. The third-order valence-corrected chi connectivity index (χ3v) is 6.59. The van der Waals surface area contributed by atoms with E-state index in [0.717, 1.165) is 23.9 Å². The Labute approximate surface area is 157 Å². The van der Waals surface area contributed by atoms with E-state index in [1.54, 1.807) is 0 Å². The Morgan fingerprint density at radius 3 is 2.44 bits per heavy atom. The van der Waals surface area contributed by atoms with E-state index in [-0.39, 0.29) is 23.3 Å². The lowest BCUT2D eigenvalue weighted by molar-refractivity contribution is -0.123. The van der Waals surface area contributed by atoms with Crippen LogP contribution in [-0.4, -0.2) is 35.3 Å². The van der Waals surface area contributed by atoms with Gasteiger partial charge in [0.05, 0.1) is 18.2 Å². The van der Waals surface area contributed by atoms with Crippen LogP contribution in [0.3, 0.4) is 0 Å². The number of likely N-dealkylation sites (tertiary alicyclic amines) is 1. The fourth-order valence-electron chi connectivity index (χ4n) is 5.60. The second-order valence-electron chi connectivity index (χ2n) is 9.15. The maximum absolute atomic E-state index is 13.1. The lowest BCUT2D eigenvalue weighted by Crippen LogP contribution is -2.45. The quantitative estimate of drug-likeness (QED) is 0.699. The number of benzene rings is 1. The highest BCUT2D eigenvalue weighted by Gasteiger charge is 2.54. The number of nitrogens with zero attached hydrogens (tertiary/aromatic N) is 2. The lowest BCUT2D eigenvalue weighted by Gasteiger charge is -2.40. The number of rotatable bonds is 2. The number of carbonyl (C=O) groups is 2. The van der Waals surface area contributed by atoms with E-state index in [0.29, 0.717) is 23.6 Å². The van der Waals surface area contributed by atoms with Crippen molar-refractivity contribution in [2.24, 2.45) is 10.8 Å². The summed E-state index contributed by atoms with van der Waals surface area (Å²) < 4.78 is 0.940. The molecule has 25 heavy (non-hydrogen) atoms. The number of imide groups is 1. The highest BCUT2D eigenvalue weighted by atomic mass is 79.9. The number of anilines is 1. The SMILES string of the molecule is CC1(C)C[C@@H]2C[C@@](C)(CN2[C@H]2CC(=O)N(c3ccc(Br)cc3)C2=O)C1. The monoisotopic (exact) mass is 404 g/mol. The summed E-state index contributed by atoms with van der Waals surface area (Å²) in [5, 5.41) is 0. The first kappa shape index (κ1) is 17.2. The van der Waals surface area contributed by atoms with Gasteiger partial charge in [0.1, 0.15) is 0 Å². The van der Waals surface area contributed by atoms with Crippen molar-refractivity contribution in [2.45, 2.75) is 58.5 Å². The molecule has 2 bridgehead atoms. The average Bonchev–Trinajstić information content (AvgIpc) is 2.92. The maximum Gasteiger partial charge on any atom is 0.251 e. The number of halogens is 1. The minimum atomic E-state index is -0.295. The second-order valence-corrected chi connectivity index (χ2v) is 10.1. The van der Waals surface area contributed by atoms with Crippen molar-refractivity contribution in [2.75, 3.05) is 11.4 Å². The normalized spacial score (nSPS) is 34.8. The largest absolute Gasteiger partial charge is 0.288 e. The standard InChI is InChI=1S/C20H25BrN2O2/c1-19(2)9-15-10-20(3,11-19)12-22(15)16-8-17(24)23(18(16)25)14-6-4-13(21)5-7-14/h4-7,15-16H,8-12H2,1-3H3/t15-,16+,20-/m1/s1. The van der Waals surface area contributed by atoms with Crippen LogP contribution in [0.2, 0.25) is 0 Å². The summed E-state index contributed by atoms with van der Waals surface area (Å²) in [6.07, 6.45) is 3.76. The Bertz CT molecular complexity index is 730. The molecule has 2 aliphatic heterocycles.